The van der Waals surface area contributed by atoms with Crippen LogP contribution in [0.2, 0.25) is 0 Å². The second kappa shape index (κ2) is 7.15. The molecule has 5 heteroatoms. The van der Waals surface area contributed by atoms with Crippen molar-refractivity contribution in [2.75, 3.05) is 0 Å². The second-order valence-electron chi connectivity index (χ2n) is 5.09. The van der Waals surface area contributed by atoms with Crippen LogP contribution in [0, 0.1) is 11.6 Å². The maximum Gasteiger partial charge on any atom is 0.123 e. The lowest BCUT2D eigenvalue weighted by molar-refractivity contribution is 0.626. The third-order valence-corrected chi connectivity index (χ3v) is 6.20. The van der Waals surface area contributed by atoms with Crippen molar-refractivity contribution >= 4 is 22.1 Å². The summed E-state index contributed by atoms with van der Waals surface area (Å²) >= 11 is 1.55. The van der Waals surface area contributed by atoms with E-state index in [1.165, 1.54) is 24.3 Å². The molecule has 0 spiro atoms. The quantitative estimate of drug-likeness (QED) is 0.629. The molecular formula is C18H14F2OS2. The van der Waals surface area contributed by atoms with Crippen molar-refractivity contribution in [3.63, 3.8) is 0 Å². The van der Waals surface area contributed by atoms with E-state index < -0.39 is 16.0 Å². The molecule has 0 aliphatic carbocycles. The van der Waals surface area contributed by atoms with E-state index in [0.29, 0.717) is 5.75 Å². The molecule has 0 N–H and O–H groups in total. The van der Waals surface area contributed by atoms with Crippen LogP contribution in [0.15, 0.2) is 66.0 Å². The van der Waals surface area contributed by atoms with Crippen LogP contribution in [-0.4, -0.2) is 4.21 Å². The van der Waals surface area contributed by atoms with Gasteiger partial charge in [-0.05, 0) is 46.8 Å². The van der Waals surface area contributed by atoms with Crippen molar-refractivity contribution in [1.29, 1.82) is 0 Å². The highest BCUT2D eigenvalue weighted by Crippen LogP contribution is 2.31. The lowest BCUT2D eigenvalue weighted by Crippen LogP contribution is -2.10. The van der Waals surface area contributed by atoms with Gasteiger partial charge in [0.25, 0.3) is 0 Å². The highest BCUT2D eigenvalue weighted by molar-refractivity contribution is 7.84. The van der Waals surface area contributed by atoms with Crippen LogP contribution >= 0.6 is 11.3 Å². The van der Waals surface area contributed by atoms with Gasteiger partial charge >= 0.3 is 0 Å². The SMILES string of the molecule is O=S(Cc1cccs1)C(c1ccc(F)cc1)c1ccc(F)cc1. The Balaban J connectivity index is 1.97. The van der Waals surface area contributed by atoms with Crippen LogP contribution in [-0.2, 0) is 16.6 Å². The van der Waals surface area contributed by atoms with E-state index in [9.17, 15) is 13.0 Å². The van der Waals surface area contributed by atoms with Crippen molar-refractivity contribution in [2.45, 2.75) is 11.0 Å². The summed E-state index contributed by atoms with van der Waals surface area (Å²) in [5.74, 6) is -0.261. The minimum Gasteiger partial charge on any atom is -0.258 e. The fourth-order valence-electron chi connectivity index (χ4n) is 2.39. The Morgan fingerprint density at radius 1 is 0.870 bits per heavy atom. The topological polar surface area (TPSA) is 17.1 Å². The van der Waals surface area contributed by atoms with Gasteiger partial charge in [-0.25, -0.2) is 8.78 Å². The Labute approximate surface area is 140 Å². The average molecular weight is 348 g/mol. The van der Waals surface area contributed by atoms with Gasteiger partial charge in [0.1, 0.15) is 11.6 Å². The van der Waals surface area contributed by atoms with Gasteiger partial charge in [-0.3, -0.25) is 4.21 Å². The van der Waals surface area contributed by atoms with Gasteiger partial charge in [0.2, 0.25) is 0 Å². The summed E-state index contributed by atoms with van der Waals surface area (Å²) in [6, 6.07) is 15.8. The van der Waals surface area contributed by atoms with Gasteiger partial charge in [0.15, 0.2) is 0 Å². The number of thiophene rings is 1. The first-order valence-electron chi connectivity index (χ1n) is 7.04. The lowest BCUT2D eigenvalue weighted by atomic mass is 10.0. The van der Waals surface area contributed by atoms with E-state index in [1.807, 2.05) is 17.5 Å². The van der Waals surface area contributed by atoms with Crippen LogP contribution in [0.4, 0.5) is 8.78 Å². The summed E-state index contributed by atoms with van der Waals surface area (Å²) in [6.07, 6.45) is 0. The van der Waals surface area contributed by atoms with Crippen LogP contribution in [0.3, 0.4) is 0 Å². The zero-order chi connectivity index (χ0) is 16.2. The van der Waals surface area contributed by atoms with E-state index in [0.717, 1.165) is 16.0 Å². The van der Waals surface area contributed by atoms with Crippen LogP contribution in [0.1, 0.15) is 21.3 Å². The van der Waals surface area contributed by atoms with Gasteiger partial charge in [0, 0.05) is 15.7 Å². The summed E-state index contributed by atoms with van der Waals surface area (Å²) in [4.78, 5) is 1.03. The van der Waals surface area contributed by atoms with Crippen molar-refractivity contribution < 1.29 is 13.0 Å². The van der Waals surface area contributed by atoms with E-state index in [-0.39, 0.29) is 11.6 Å². The van der Waals surface area contributed by atoms with Crippen molar-refractivity contribution in [3.05, 3.63) is 93.7 Å². The summed E-state index contributed by atoms with van der Waals surface area (Å²) in [5, 5.41) is 1.52. The minimum atomic E-state index is -1.24. The Hall–Kier alpha value is -1.85. The summed E-state index contributed by atoms with van der Waals surface area (Å²) < 4.78 is 39.3. The first-order chi connectivity index (χ1) is 11.1. The molecule has 0 amide bonds. The first kappa shape index (κ1) is 16.0. The van der Waals surface area contributed by atoms with Gasteiger partial charge in [-0.15, -0.1) is 11.3 Å². The number of halogens is 2. The predicted molar refractivity (Wildman–Crippen MR) is 90.8 cm³/mol. The second-order valence-corrected chi connectivity index (χ2v) is 7.64. The maximum absolute atomic E-state index is 13.2. The van der Waals surface area contributed by atoms with Crippen molar-refractivity contribution in [3.8, 4) is 0 Å². The molecule has 1 atom stereocenters. The molecule has 0 bridgehead atoms. The van der Waals surface area contributed by atoms with Gasteiger partial charge in [-0.1, -0.05) is 30.3 Å². The molecule has 0 aliphatic rings. The number of hydrogen-bond acceptors (Lipinski definition) is 2. The molecule has 3 rings (SSSR count). The third kappa shape index (κ3) is 3.92. The molecule has 0 saturated heterocycles. The molecule has 1 heterocycles. The molecule has 0 aliphatic heterocycles. The fourth-order valence-corrected chi connectivity index (χ4v) is 4.96. The average Bonchev–Trinajstić information content (AvgIpc) is 3.04. The molecule has 0 saturated carbocycles. The minimum absolute atomic E-state index is 0.337. The molecule has 0 fully saturated rings. The molecule has 1 nitrogen and oxygen atoms in total. The molecule has 0 radical (unpaired) electrons. The summed E-state index contributed by atoms with van der Waals surface area (Å²) in [7, 11) is -1.24. The van der Waals surface area contributed by atoms with E-state index in [4.69, 9.17) is 0 Å². The normalized spacial score (nSPS) is 12.5. The molecular weight excluding hydrogens is 334 g/mol. The van der Waals surface area contributed by atoms with Crippen LogP contribution < -0.4 is 0 Å². The largest absolute Gasteiger partial charge is 0.258 e. The molecule has 1 aromatic heterocycles. The standard InChI is InChI=1S/C18H14F2OS2/c19-15-7-3-13(4-8-15)18(14-5-9-16(20)10-6-14)23(21)12-17-2-1-11-22-17/h1-11,18H,12H2. The van der Waals surface area contributed by atoms with Crippen molar-refractivity contribution in [2.24, 2.45) is 0 Å². The van der Waals surface area contributed by atoms with E-state index >= 15 is 0 Å². The number of hydrogen-bond donors (Lipinski definition) is 0. The van der Waals surface area contributed by atoms with Crippen LogP contribution in [0.5, 0.6) is 0 Å². The highest BCUT2D eigenvalue weighted by Gasteiger charge is 2.22. The van der Waals surface area contributed by atoms with Gasteiger partial charge < -0.3 is 0 Å². The molecule has 3 aromatic rings. The number of benzene rings is 2. The maximum atomic E-state index is 13.2. The predicted octanol–water partition coefficient (Wildman–Crippen LogP) is 5.06. The Morgan fingerprint density at radius 2 is 1.39 bits per heavy atom. The smallest absolute Gasteiger partial charge is 0.123 e. The first-order valence-corrected chi connectivity index (χ1v) is 9.30. The van der Waals surface area contributed by atoms with E-state index in [2.05, 4.69) is 0 Å². The molecule has 2 aromatic carbocycles. The third-order valence-electron chi connectivity index (χ3n) is 3.47. The fraction of sp³-hybridized carbons (Fsp3) is 0.111. The van der Waals surface area contributed by atoms with Crippen molar-refractivity contribution in [1.82, 2.24) is 0 Å². The molecule has 1 unspecified atom stereocenters. The summed E-state index contributed by atoms with van der Waals surface area (Å²) in [5.41, 5.74) is 1.51. The number of rotatable bonds is 5. The highest BCUT2D eigenvalue weighted by atomic mass is 32.2. The molecule has 118 valence electrons. The van der Waals surface area contributed by atoms with Gasteiger partial charge in [-0.2, -0.15) is 0 Å². The Morgan fingerprint density at radius 3 is 1.83 bits per heavy atom. The monoisotopic (exact) mass is 348 g/mol. The Bertz CT molecular complexity index is 735. The van der Waals surface area contributed by atoms with E-state index in [1.54, 1.807) is 35.6 Å². The summed E-state index contributed by atoms with van der Waals surface area (Å²) in [6.45, 7) is 0. The zero-order valence-corrected chi connectivity index (χ0v) is 13.7. The zero-order valence-electron chi connectivity index (χ0n) is 12.1. The Kier molecular flexibility index (Phi) is 4.98. The van der Waals surface area contributed by atoms with Crippen LogP contribution in [0.25, 0.3) is 0 Å². The lowest BCUT2D eigenvalue weighted by Gasteiger charge is -2.17. The van der Waals surface area contributed by atoms with Gasteiger partial charge in [0.05, 0.1) is 11.0 Å². The molecule has 23 heavy (non-hydrogen) atoms.